The molecular weight excluding hydrogens is 352 g/mol. The standard InChI is InChI=1S/C20H21ClN2O3/c1-14-5-3-4-6-16(14)19(24)22-9-11-23(12-10-22)20(25)17-13-15(21)7-8-18(17)26-2/h3-8,13H,9-12H2,1-2H3. The number of piperazine rings is 1. The first-order valence-electron chi connectivity index (χ1n) is 8.49. The van der Waals surface area contributed by atoms with Crippen LogP contribution in [-0.4, -0.2) is 54.9 Å². The second-order valence-electron chi connectivity index (χ2n) is 6.24. The smallest absolute Gasteiger partial charge is 0.257 e. The molecule has 2 aromatic rings. The van der Waals surface area contributed by atoms with Gasteiger partial charge in [0.1, 0.15) is 5.75 Å². The summed E-state index contributed by atoms with van der Waals surface area (Å²) in [5.74, 6) is 0.376. The lowest BCUT2D eigenvalue weighted by Gasteiger charge is -2.35. The minimum atomic E-state index is -0.132. The zero-order valence-electron chi connectivity index (χ0n) is 14.9. The Labute approximate surface area is 158 Å². The first-order chi connectivity index (χ1) is 12.5. The van der Waals surface area contributed by atoms with Crippen molar-refractivity contribution in [1.29, 1.82) is 0 Å². The quantitative estimate of drug-likeness (QED) is 0.831. The highest BCUT2D eigenvalue weighted by Crippen LogP contribution is 2.24. The molecule has 1 heterocycles. The first kappa shape index (κ1) is 18.3. The van der Waals surface area contributed by atoms with Crippen LogP contribution < -0.4 is 4.74 Å². The molecule has 0 aliphatic carbocycles. The van der Waals surface area contributed by atoms with Crippen LogP contribution in [0, 0.1) is 6.92 Å². The molecular formula is C20H21ClN2O3. The normalized spacial score (nSPS) is 14.3. The van der Waals surface area contributed by atoms with Crippen LogP contribution in [0.15, 0.2) is 42.5 Å². The summed E-state index contributed by atoms with van der Waals surface area (Å²) >= 11 is 6.02. The van der Waals surface area contributed by atoms with Gasteiger partial charge in [0.05, 0.1) is 12.7 Å². The Morgan fingerprint density at radius 1 is 0.923 bits per heavy atom. The molecule has 2 amide bonds. The molecule has 136 valence electrons. The number of hydrogen-bond donors (Lipinski definition) is 0. The highest BCUT2D eigenvalue weighted by atomic mass is 35.5. The van der Waals surface area contributed by atoms with Crippen molar-refractivity contribution in [2.75, 3.05) is 33.3 Å². The maximum absolute atomic E-state index is 12.8. The predicted octanol–water partition coefficient (Wildman–Crippen LogP) is 3.26. The molecule has 0 N–H and O–H groups in total. The lowest BCUT2D eigenvalue weighted by molar-refractivity contribution is 0.0533. The Balaban J connectivity index is 1.69. The van der Waals surface area contributed by atoms with Crippen molar-refractivity contribution >= 4 is 23.4 Å². The number of nitrogens with zero attached hydrogens (tertiary/aromatic N) is 2. The number of carbonyl (C=O) groups excluding carboxylic acids is 2. The Morgan fingerprint density at radius 2 is 1.50 bits per heavy atom. The van der Waals surface area contributed by atoms with E-state index in [0.29, 0.717) is 48.1 Å². The van der Waals surface area contributed by atoms with Crippen molar-refractivity contribution in [3.8, 4) is 5.75 Å². The van der Waals surface area contributed by atoms with Crippen molar-refractivity contribution in [1.82, 2.24) is 9.80 Å². The van der Waals surface area contributed by atoms with Gasteiger partial charge in [-0.15, -0.1) is 0 Å². The summed E-state index contributed by atoms with van der Waals surface area (Å²) in [6, 6.07) is 12.5. The third kappa shape index (κ3) is 3.68. The zero-order valence-corrected chi connectivity index (χ0v) is 15.6. The van der Waals surface area contributed by atoms with Crippen LogP contribution in [0.3, 0.4) is 0 Å². The van der Waals surface area contributed by atoms with Crippen LogP contribution in [0.1, 0.15) is 26.3 Å². The average Bonchev–Trinajstić information content (AvgIpc) is 2.67. The number of halogens is 1. The Hall–Kier alpha value is -2.53. The summed E-state index contributed by atoms with van der Waals surface area (Å²) in [5.41, 5.74) is 2.11. The summed E-state index contributed by atoms with van der Waals surface area (Å²) in [6.45, 7) is 3.89. The number of aryl methyl sites for hydroxylation is 1. The van der Waals surface area contributed by atoms with Gasteiger partial charge in [-0.25, -0.2) is 0 Å². The van der Waals surface area contributed by atoms with Gasteiger partial charge in [-0.05, 0) is 36.8 Å². The van der Waals surface area contributed by atoms with E-state index >= 15 is 0 Å². The average molecular weight is 373 g/mol. The third-order valence-electron chi connectivity index (χ3n) is 4.62. The summed E-state index contributed by atoms with van der Waals surface area (Å²) in [7, 11) is 1.53. The molecule has 26 heavy (non-hydrogen) atoms. The van der Waals surface area contributed by atoms with Gasteiger partial charge in [0.25, 0.3) is 11.8 Å². The van der Waals surface area contributed by atoms with E-state index in [1.807, 2.05) is 31.2 Å². The van der Waals surface area contributed by atoms with Crippen LogP contribution >= 0.6 is 11.6 Å². The molecule has 1 fully saturated rings. The molecule has 1 aliphatic rings. The second-order valence-corrected chi connectivity index (χ2v) is 6.68. The van der Waals surface area contributed by atoms with Crippen molar-refractivity contribution < 1.29 is 14.3 Å². The fraction of sp³-hybridized carbons (Fsp3) is 0.300. The van der Waals surface area contributed by atoms with Crippen LogP contribution in [0.4, 0.5) is 0 Å². The maximum Gasteiger partial charge on any atom is 0.257 e. The lowest BCUT2D eigenvalue weighted by Crippen LogP contribution is -2.50. The Kier molecular flexibility index (Phi) is 5.47. The van der Waals surface area contributed by atoms with Gasteiger partial charge in [0.15, 0.2) is 0 Å². The lowest BCUT2D eigenvalue weighted by atomic mass is 10.1. The Morgan fingerprint density at radius 3 is 2.08 bits per heavy atom. The van der Waals surface area contributed by atoms with Crippen molar-refractivity contribution in [2.24, 2.45) is 0 Å². The van der Waals surface area contributed by atoms with E-state index < -0.39 is 0 Å². The third-order valence-corrected chi connectivity index (χ3v) is 4.86. The van der Waals surface area contributed by atoms with E-state index in [1.54, 1.807) is 28.0 Å². The maximum atomic E-state index is 12.8. The van der Waals surface area contributed by atoms with E-state index in [9.17, 15) is 9.59 Å². The molecule has 5 nitrogen and oxygen atoms in total. The van der Waals surface area contributed by atoms with Gasteiger partial charge >= 0.3 is 0 Å². The fourth-order valence-corrected chi connectivity index (χ4v) is 3.29. The van der Waals surface area contributed by atoms with Gasteiger partial charge in [-0.2, -0.15) is 0 Å². The van der Waals surface area contributed by atoms with Crippen LogP contribution in [0.5, 0.6) is 5.75 Å². The molecule has 0 radical (unpaired) electrons. The van der Waals surface area contributed by atoms with Crippen molar-refractivity contribution in [2.45, 2.75) is 6.92 Å². The highest BCUT2D eigenvalue weighted by molar-refractivity contribution is 6.31. The van der Waals surface area contributed by atoms with Crippen LogP contribution in [0.25, 0.3) is 0 Å². The van der Waals surface area contributed by atoms with Crippen molar-refractivity contribution in [3.63, 3.8) is 0 Å². The number of methoxy groups -OCH3 is 1. The topological polar surface area (TPSA) is 49.9 Å². The molecule has 0 atom stereocenters. The van der Waals surface area contributed by atoms with Crippen molar-refractivity contribution in [3.05, 3.63) is 64.2 Å². The van der Waals surface area contributed by atoms with Gasteiger partial charge < -0.3 is 14.5 Å². The molecule has 3 rings (SSSR count). The zero-order chi connectivity index (χ0) is 18.7. The second kappa shape index (κ2) is 7.79. The number of hydrogen-bond acceptors (Lipinski definition) is 3. The summed E-state index contributed by atoms with van der Waals surface area (Å²) in [6.07, 6.45) is 0. The first-order valence-corrected chi connectivity index (χ1v) is 8.87. The molecule has 0 bridgehead atoms. The molecule has 6 heteroatoms. The monoisotopic (exact) mass is 372 g/mol. The summed E-state index contributed by atoms with van der Waals surface area (Å²) in [5, 5.41) is 0.488. The van der Waals surface area contributed by atoms with Gasteiger partial charge in [0.2, 0.25) is 0 Å². The molecule has 0 saturated carbocycles. The largest absolute Gasteiger partial charge is 0.496 e. The summed E-state index contributed by atoms with van der Waals surface area (Å²) in [4.78, 5) is 29.0. The molecule has 0 aromatic heterocycles. The molecule has 0 spiro atoms. The number of amides is 2. The van der Waals surface area contributed by atoms with E-state index in [2.05, 4.69) is 0 Å². The molecule has 1 aliphatic heterocycles. The fourth-order valence-electron chi connectivity index (χ4n) is 3.11. The summed E-state index contributed by atoms with van der Waals surface area (Å²) < 4.78 is 5.27. The SMILES string of the molecule is COc1ccc(Cl)cc1C(=O)N1CCN(C(=O)c2ccccc2C)CC1. The number of ether oxygens (including phenoxy) is 1. The molecule has 0 unspecified atom stereocenters. The van der Waals surface area contributed by atoms with Crippen LogP contribution in [0.2, 0.25) is 5.02 Å². The van der Waals surface area contributed by atoms with E-state index in [4.69, 9.17) is 16.3 Å². The molecule has 2 aromatic carbocycles. The number of benzene rings is 2. The van der Waals surface area contributed by atoms with Gasteiger partial charge in [-0.3, -0.25) is 9.59 Å². The number of rotatable bonds is 3. The predicted molar refractivity (Wildman–Crippen MR) is 101 cm³/mol. The minimum Gasteiger partial charge on any atom is -0.496 e. The minimum absolute atomic E-state index is 0.00975. The van der Waals surface area contributed by atoms with Gasteiger partial charge in [-0.1, -0.05) is 29.8 Å². The Bertz CT molecular complexity index is 830. The number of carbonyl (C=O) groups is 2. The van der Waals surface area contributed by atoms with E-state index in [-0.39, 0.29) is 11.8 Å². The van der Waals surface area contributed by atoms with E-state index in [1.165, 1.54) is 7.11 Å². The van der Waals surface area contributed by atoms with E-state index in [0.717, 1.165) is 5.56 Å². The van der Waals surface area contributed by atoms with Gasteiger partial charge in [0, 0.05) is 36.8 Å². The highest BCUT2D eigenvalue weighted by Gasteiger charge is 2.27. The van der Waals surface area contributed by atoms with Crippen LogP contribution in [-0.2, 0) is 0 Å². The molecule has 1 saturated heterocycles.